The fourth-order valence-corrected chi connectivity index (χ4v) is 3.86. The lowest BCUT2D eigenvalue weighted by Crippen LogP contribution is -2.37. The van der Waals surface area contributed by atoms with Crippen LogP contribution in [0.25, 0.3) is 0 Å². The summed E-state index contributed by atoms with van der Waals surface area (Å²) < 4.78 is 13.2. The zero-order chi connectivity index (χ0) is 22.0. The molecule has 0 saturated carbocycles. The number of ether oxygens (including phenoxy) is 2. The molecule has 0 aliphatic rings. The van der Waals surface area contributed by atoms with Gasteiger partial charge in [0.05, 0.1) is 23.4 Å². The van der Waals surface area contributed by atoms with Crippen molar-refractivity contribution in [3.8, 4) is 0 Å². The van der Waals surface area contributed by atoms with Gasteiger partial charge in [0.1, 0.15) is 0 Å². The summed E-state index contributed by atoms with van der Waals surface area (Å²) in [5, 5.41) is 0. The number of benzene rings is 1. The molecule has 0 aromatic heterocycles. The lowest BCUT2D eigenvalue weighted by atomic mass is 9.85. The molecule has 2 unspecified atom stereocenters. The first-order valence-corrected chi connectivity index (χ1v) is 11.0. The molecule has 162 valence electrons. The van der Waals surface area contributed by atoms with Gasteiger partial charge < -0.3 is 9.47 Å². The highest BCUT2D eigenvalue weighted by atomic mass is 16.5. The molecule has 1 rings (SSSR count). The molecule has 0 spiro atoms. The van der Waals surface area contributed by atoms with Crippen molar-refractivity contribution in [2.45, 2.75) is 119 Å². The molecule has 1 aromatic carbocycles. The minimum absolute atomic E-state index is 0.118. The molecule has 0 radical (unpaired) electrons. The van der Waals surface area contributed by atoms with E-state index in [0.717, 1.165) is 12.8 Å². The highest BCUT2D eigenvalue weighted by Gasteiger charge is 2.34. The van der Waals surface area contributed by atoms with Gasteiger partial charge in [0.15, 0.2) is 0 Å². The quantitative estimate of drug-likeness (QED) is 0.450. The van der Waals surface area contributed by atoms with Crippen molar-refractivity contribution in [3.63, 3.8) is 0 Å². The van der Waals surface area contributed by atoms with Crippen LogP contribution >= 0.6 is 0 Å². The van der Waals surface area contributed by atoms with Gasteiger partial charge in [-0.05, 0) is 62.5 Å². The van der Waals surface area contributed by atoms with Crippen molar-refractivity contribution in [2.75, 3.05) is 0 Å². The van der Waals surface area contributed by atoms with Gasteiger partial charge in [0.25, 0.3) is 0 Å². The predicted octanol–water partition coefficient (Wildman–Crippen LogP) is 7.84. The zero-order valence-electron chi connectivity index (χ0n) is 20.7. The fraction of sp³-hybridized carbons (Fsp3) is 0.769. The van der Waals surface area contributed by atoms with Crippen LogP contribution in [-0.2, 0) is 20.7 Å². The molecule has 0 bridgehead atoms. The Morgan fingerprint density at radius 2 is 0.964 bits per heavy atom. The SMILES string of the molecule is CCC(OC(C)(C)c1cccc(C(C)(C)OC(CC)C(C)(C)C)c1)C(C)(C)C. The third-order valence-electron chi connectivity index (χ3n) is 5.80. The zero-order valence-corrected chi connectivity index (χ0v) is 20.7. The smallest absolute Gasteiger partial charge is 0.0879 e. The van der Waals surface area contributed by atoms with Crippen LogP contribution < -0.4 is 0 Å². The van der Waals surface area contributed by atoms with E-state index in [1.54, 1.807) is 0 Å². The van der Waals surface area contributed by atoms with E-state index in [1.165, 1.54) is 11.1 Å². The summed E-state index contributed by atoms with van der Waals surface area (Å²) in [6.07, 6.45) is 2.43. The maximum atomic E-state index is 6.62. The van der Waals surface area contributed by atoms with Crippen LogP contribution in [0.4, 0.5) is 0 Å². The van der Waals surface area contributed by atoms with E-state index >= 15 is 0 Å². The molecular weight excluding hydrogens is 344 g/mol. The highest BCUT2D eigenvalue weighted by Crippen LogP contribution is 2.38. The number of hydrogen-bond acceptors (Lipinski definition) is 2. The van der Waals surface area contributed by atoms with Gasteiger partial charge in [-0.15, -0.1) is 0 Å². The Labute approximate surface area is 175 Å². The van der Waals surface area contributed by atoms with Gasteiger partial charge in [0.2, 0.25) is 0 Å². The van der Waals surface area contributed by atoms with Crippen molar-refractivity contribution < 1.29 is 9.47 Å². The van der Waals surface area contributed by atoms with E-state index in [-0.39, 0.29) is 34.2 Å². The summed E-state index contributed by atoms with van der Waals surface area (Å²) in [6.45, 7) is 26.6. The van der Waals surface area contributed by atoms with E-state index in [0.29, 0.717) is 0 Å². The maximum absolute atomic E-state index is 6.62. The molecular formula is C26H46O2. The normalized spacial score (nSPS) is 16.1. The van der Waals surface area contributed by atoms with E-state index in [1.807, 2.05) is 0 Å². The second kappa shape index (κ2) is 8.88. The average molecular weight is 391 g/mol. The molecule has 0 heterocycles. The van der Waals surface area contributed by atoms with Crippen LogP contribution in [0, 0.1) is 10.8 Å². The van der Waals surface area contributed by atoms with Crippen LogP contribution in [0.1, 0.15) is 107 Å². The molecule has 1 aromatic rings. The summed E-state index contributed by atoms with van der Waals surface area (Å²) in [4.78, 5) is 0. The predicted molar refractivity (Wildman–Crippen MR) is 122 cm³/mol. The Morgan fingerprint density at radius 1 is 0.643 bits per heavy atom. The summed E-state index contributed by atoms with van der Waals surface area (Å²) >= 11 is 0. The Bertz CT molecular complexity index is 563. The van der Waals surface area contributed by atoms with Gasteiger partial charge in [-0.25, -0.2) is 0 Å². The first kappa shape index (κ1) is 25.2. The summed E-state index contributed by atoms with van der Waals surface area (Å²) in [5.74, 6) is 0. The van der Waals surface area contributed by atoms with Crippen LogP contribution in [0.15, 0.2) is 24.3 Å². The Balaban J connectivity index is 3.16. The molecule has 0 fully saturated rings. The van der Waals surface area contributed by atoms with Gasteiger partial charge >= 0.3 is 0 Å². The first-order chi connectivity index (χ1) is 12.5. The molecule has 2 nitrogen and oxygen atoms in total. The second-order valence-corrected chi connectivity index (χ2v) is 11.4. The van der Waals surface area contributed by atoms with E-state index in [4.69, 9.17) is 9.47 Å². The van der Waals surface area contributed by atoms with Crippen LogP contribution in [0.5, 0.6) is 0 Å². The van der Waals surface area contributed by atoms with Gasteiger partial charge in [-0.1, -0.05) is 79.7 Å². The lowest BCUT2D eigenvalue weighted by Gasteiger charge is -2.39. The molecule has 0 N–H and O–H groups in total. The largest absolute Gasteiger partial charge is 0.367 e. The van der Waals surface area contributed by atoms with Crippen LogP contribution in [-0.4, -0.2) is 12.2 Å². The topological polar surface area (TPSA) is 18.5 Å². The van der Waals surface area contributed by atoms with Crippen molar-refractivity contribution in [3.05, 3.63) is 35.4 Å². The van der Waals surface area contributed by atoms with Crippen molar-refractivity contribution in [1.29, 1.82) is 0 Å². The third kappa shape index (κ3) is 6.59. The first-order valence-electron chi connectivity index (χ1n) is 11.0. The molecule has 0 aliphatic carbocycles. The molecule has 0 aliphatic heterocycles. The van der Waals surface area contributed by atoms with Crippen molar-refractivity contribution >= 4 is 0 Å². The number of hydrogen-bond donors (Lipinski definition) is 0. The second-order valence-electron chi connectivity index (χ2n) is 11.4. The number of rotatable bonds is 8. The van der Waals surface area contributed by atoms with E-state index < -0.39 is 0 Å². The Morgan fingerprint density at radius 3 is 1.21 bits per heavy atom. The molecule has 0 amide bonds. The standard InChI is InChI=1S/C26H46O2/c1-13-21(23(3,4)5)27-25(9,10)19-16-15-17-20(18-19)26(11,12)28-22(14-2)24(6,7)8/h15-18,21-22H,13-14H2,1-12H3. The summed E-state index contributed by atoms with van der Waals surface area (Å²) in [7, 11) is 0. The minimum atomic E-state index is -0.353. The molecule has 0 saturated heterocycles. The lowest BCUT2D eigenvalue weighted by molar-refractivity contribution is -0.123. The average Bonchev–Trinajstić information content (AvgIpc) is 2.55. The third-order valence-corrected chi connectivity index (χ3v) is 5.80. The molecule has 28 heavy (non-hydrogen) atoms. The van der Waals surface area contributed by atoms with E-state index in [9.17, 15) is 0 Å². The van der Waals surface area contributed by atoms with Gasteiger partial charge in [-0.3, -0.25) is 0 Å². The minimum Gasteiger partial charge on any atom is -0.367 e. The maximum Gasteiger partial charge on any atom is 0.0879 e. The van der Waals surface area contributed by atoms with Crippen LogP contribution in [0.2, 0.25) is 0 Å². The van der Waals surface area contributed by atoms with Crippen molar-refractivity contribution in [2.24, 2.45) is 10.8 Å². The van der Waals surface area contributed by atoms with Crippen molar-refractivity contribution in [1.82, 2.24) is 0 Å². The summed E-state index contributed by atoms with van der Waals surface area (Å²) in [6, 6.07) is 8.76. The Kier molecular flexibility index (Phi) is 7.98. The van der Waals surface area contributed by atoms with Gasteiger partial charge in [0, 0.05) is 0 Å². The van der Waals surface area contributed by atoms with E-state index in [2.05, 4.69) is 107 Å². The highest BCUT2D eigenvalue weighted by molar-refractivity contribution is 5.31. The van der Waals surface area contributed by atoms with Crippen LogP contribution in [0.3, 0.4) is 0 Å². The monoisotopic (exact) mass is 390 g/mol. The fourth-order valence-electron chi connectivity index (χ4n) is 3.86. The Hall–Kier alpha value is -0.860. The van der Waals surface area contributed by atoms with Gasteiger partial charge in [-0.2, -0.15) is 0 Å². The molecule has 2 atom stereocenters. The summed E-state index contributed by atoms with van der Waals surface area (Å²) in [5.41, 5.74) is 1.93. The molecule has 2 heteroatoms.